The van der Waals surface area contributed by atoms with Crippen LogP contribution in [0.5, 0.6) is 0 Å². The Morgan fingerprint density at radius 3 is 2.43 bits per heavy atom. The van der Waals surface area contributed by atoms with Gasteiger partial charge in [-0.1, -0.05) is 35.9 Å². The lowest BCUT2D eigenvalue weighted by atomic mass is 10.0. The highest BCUT2D eigenvalue weighted by atomic mass is 35.5. The largest absolute Gasteiger partial charge is 0.368 e. The first-order chi connectivity index (χ1) is 10.9. The minimum Gasteiger partial charge on any atom is -0.368 e. The minimum atomic E-state index is -0.836. The smallest absolute Gasteiger partial charge is 0.240 e. The highest BCUT2D eigenvalue weighted by Gasteiger charge is 2.18. The summed E-state index contributed by atoms with van der Waals surface area (Å²) in [6.07, 6.45) is 0.240. The minimum absolute atomic E-state index is 0.0256. The van der Waals surface area contributed by atoms with Gasteiger partial charge in [-0.25, -0.2) is 4.39 Å². The van der Waals surface area contributed by atoms with Crippen LogP contribution in [0.2, 0.25) is 5.02 Å². The maximum absolute atomic E-state index is 13.1. The average Bonchev–Trinajstić information content (AvgIpc) is 2.48. The quantitative estimate of drug-likeness (QED) is 0.850. The Bertz CT molecular complexity index is 704. The van der Waals surface area contributed by atoms with Crippen molar-refractivity contribution in [3.8, 4) is 0 Å². The number of amides is 2. The zero-order valence-electron chi connectivity index (χ0n) is 12.3. The molecule has 0 spiro atoms. The summed E-state index contributed by atoms with van der Waals surface area (Å²) in [5, 5.41) is 3.16. The molecule has 1 atom stereocenters. The van der Waals surface area contributed by atoms with E-state index in [1.165, 1.54) is 18.2 Å². The van der Waals surface area contributed by atoms with E-state index >= 15 is 0 Å². The van der Waals surface area contributed by atoms with Crippen LogP contribution in [-0.2, 0) is 22.4 Å². The van der Waals surface area contributed by atoms with E-state index in [1.807, 2.05) is 0 Å². The number of carbonyl (C=O) groups excluding carboxylic acids is 2. The van der Waals surface area contributed by atoms with Gasteiger partial charge >= 0.3 is 0 Å². The van der Waals surface area contributed by atoms with E-state index in [9.17, 15) is 14.0 Å². The SMILES string of the molecule is NC(=O)[C@@H](Cc1ccc(Cl)cc1)NC(=O)Cc1cccc(F)c1. The number of rotatable bonds is 6. The summed E-state index contributed by atoms with van der Waals surface area (Å²) in [6, 6.07) is 11.8. The van der Waals surface area contributed by atoms with E-state index in [-0.39, 0.29) is 12.8 Å². The van der Waals surface area contributed by atoms with Crippen molar-refractivity contribution < 1.29 is 14.0 Å². The van der Waals surface area contributed by atoms with Crippen molar-refractivity contribution in [1.82, 2.24) is 5.32 Å². The molecule has 2 amide bonds. The van der Waals surface area contributed by atoms with Gasteiger partial charge in [0.2, 0.25) is 11.8 Å². The zero-order chi connectivity index (χ0) is 16.8. The van der Waals surface area contributed by atoms with E-state index in [2.05, 4.69) is 5.32 Å². The molecule has 0 radical (unpaired) electrons. The summed E-state index contributed by atoms with van der Waals surface area (Å²) in [4.78, 5) is 23.6. The molecule has 0 aliphatic rings. The molecule has 4 nitrogen and oxygen atoms in total. The predicted octanol–water partition coefficient (Wildman–Crippen LogP) is 2.23. The summed E-state index contributed by atoms with van der Waals surface area (Å²) < 4.78 is 13.1. The van der Waals surface area contributed by atoms with Crippen molar-refractivity contribution in [3.63, 3.8) is 0 Å². The van der Waals surface area contributed by atoms with Crippen LogP contribution in [0, 0.1) is 5.82 Å². The Morgan fingerprint density at radius 1 is 1.13 bits per heavy atom. The molecule has 3 N–H and O–H groups in total. The van der Waals surface area contributed by atoms with Gasteiger partial charge in [0, 0.05) is 11.4 Å². The topological polar surface area (TPSA) is 72.2 Å². The molecular formula is C17H16ClFN2O2. The van der Waals surface area contributed by atoms with Gasteiger partial charge in [0.1, 0.15) is 11.9 Å². The van der Waals surface area contributed by atoms with Gasteiger partial charge in [0.05, 0.1) is 6.42 Å². The first kappa shape index (κ1) is 17.0. The molecule has 0 fully saturated rings. The van der Waals surface area contributed by atoms with Crippen molar-refractivity contribution >= 4 is 23.4 Å². The summed E-state index contributed by atoms with van der Waals surface area (Å²) in [5.74, 6) is -1.44. The Balaban J connectivity index is 1.99. The first-order valence-corrected chi connectivity index (χ1v) is 7.39. The van der Waals surface area contributed by atoms with Gasteiger partial charge in [-0.3, -0.25) is 9.59 Å². The number of carbonyl (C=O) groups is 2. The molecule has 0 saturated heterocycles. The van der Waals surface area contributed by atoms with Crippen LogP contribution in [0.1, 0.15) is 11.1 Å². The van der Waals surface area contributed by atoms with Crippen molar-refractivity contribution in [2.24, 2.45) is 5.73 Å². The van der Waals surface area contributed by atoms with Crippen molar-refractivity contribution in [2.75, 3.05) is 0 Å². The fourth-order valence-corrected chi connectivity index (χ4v) is 2.28. The lowest BCUT2D eigenvalue weighted by molar-refractivity contribution is -0.127. The molecule has 0 aliphatic heterocycles. The van der Waals surface area contributed by atoms with Gasteiger partial charge in [0.15, 0.2) is 0 Å². The molecule has 6 heteroatoms. The van der Waals surface area contributed by atoms with E-state index in [0.29, 0.717) is 10.6 Å². The van der Waals surface area contributed by atoms with Gasteiger partial charge in [-0.2, -0.15) is 0 Å². The van der Waals surface area contributed by atoms with Crippen molar-refractivity contribution in [1.29, 1.82) is 0 Å². The highest BCUT2D eigenvalue weighted by Crippen LogP contribution is 2.11. The average molecular weight is 335 g/mol. The molecule has 0 aliphatic carbocycles. The number of primary amides is 1. The summed E-state index contributed by atoms with van der Waals surface area (Å²) in [7, 11) is 0. The molecule has 0 unspecified atom stereocenters. The molecule has 120 valence electrons. The van der Waals surface area contributed by atoms with Crippen LogP contribution in [0.15, 0.2) is 48.5 Å². The standard InChI is InChI=1S/C17H16ClFN2O2/c18-13-6-4-11(5-7-13)9-15(17(20)23)21-16(22)10-12-2-1-3-14(19)8-12/h1-8,15H,9-10H2,(H2,20,23)(H,21,22)/t15-/m1/s1. The Kier molecular flexibility index (Phi) is 5.71. The number of hydrogen-bond acceptors (Lipinski definition) is 2. The third-order valence-corrected chi connectivity index (χ3v) is 3.54. The predicted molar refractivity (Wildman–Crippen MR) is 86.4 cm³/mol. The second-order valence-corrected chi connectivity index (χ2v) is 5.60. The van der Waals surface area contributed by atoms with Gasteiger partial charge < -0.3 is 11.1 Å². The van der Waals surface area contributed by atoms with Crippen LogP contribution in [0.4, 0.5) is 4.39 Å². The lowest BCUT2D eigenvalue weighted by Crippen LogP contribution is -2.46. The monoisotopic (exact) mass is 334 g/mol. The maximum atomic E-state index is 13.1. The Morgan fingerprint density at radius 2 is 1.83 bits per heavy atom. The highest BCUT2D eigenvalue weighted by molar-refractivity contribution is 6.30. The van der Waals surface area contributed by atoms with Crippen molar-refractivity contribution in [3.05, 3.63) is 70.5 Å². The van der Waals surface area contributed by atoms with E-state index < -0.39 is 23.7 Å². The van der Waals surface area contributed by atoms with Crippen LogP contribution in [0.25, 0.3) is 0 Å². The number of hydrogen-bond donors (Lipinski definition) is 2. The number of halogens is 2. The first-order valence-electron chi connectivity index (χ1n) is 7.01. The third kappa shape index (κ3) is 5.38. The molecular weight excluding hydrogens is 319 g/mol. The van der Waals surface area contributed by atoms with Crippen LogP contribution in [0.3, 0.4) is 0 Å². The lowest BCUT2D eigenvalue weighted by Gasteiger charge is -2.15. The number of nitrogens with one attached hydrogen (secondary N) is 1. The second kappa shape index (κ2) is 7.74. The fourth-order valence-electron chi connectivity index (χ4n) is 2.16. The van der Waals surface area contributed by atoms with Gasteiger partial charge in [-0.05, 0) is 35.4 Å². The van der Waals surface area contributed by atoms with Crippen LogP contribution < -0.4 is 11.1 Å². The number of benzene rings is 2. The van der Waals surface area contributed by atoms with Crippen LogP contribution >= 0.6 is 11.6 Å². The molecule has 23 heavy (non-hydrogen) atoms. The second-order valence-electron chi connectivity index (χ2n) is 5.16. The Labute approximate surface area is 138 Å². The number of nitrogens with two attached hydrogens (primary N) is 1. The van der Waals surface area contributed by atoms with Crippen LogP contribution in [-0.4, -0.2) is 17.9 Å². The molecule has 0 saturated carbocycles. The van der Waals surface area contributed by atoms with E-state index in [0.717, 1.165) is 5.56 Å². The fraction of sp³-hybridized carbons (Fsp3) is 0.176. The van der Waals surface area contributed by atoms with Gasteiger partial charge in [0.25, 0.3) is 0 Å². The van der Waals surface area contributed by atoms with Gasteiger partial charge in [-0.15, -0.1) is 0 Å². The molecule has 2 rings (SSSR count). The van der Waals surface area contributed by atoms with Crippen molar-refractivity contribution in [2.45, 2.75) is 18.9 Å². The van der Waals surface area contributed by atoms with E-state index in [1.54, 1.807) is 30.3 Å². The molecule has 0 bridgehead atoms. The third-order valence-electron chi connectivity index (χ3n) is 3.29. The summed E-state index contributed by atoms with van der Waals surface area (Å²) in [5.41, 5.74) is 6.69. The molecule has 0 heterocycles. The molecule has 0 aromatic heterocycles. The Hall–Kier alpha value is -2.40. The molecule has 2 aromatic rings. The summed E-state index contributed by atoms with van der Waals surface area (Å²) >= 11 is 5.81. The maximum Gasteiger partial charge on any atom is 0.240 e. The van der Waals surface area contributed by atoms with E-state index in [4.69, 9.17) is 17.3 Å². The summed E-state index contributed by atoms with van der Waals surface area (Å²) in [6.45, 7) is 0. The molecule has 2 aromatic carbocycles. The zero-order valence-corrected chi connectivity index (χ0v) is 13.0. The normalized spacial score (nSPS) is 11.7.